The summed E-state index contributed by atoms with van der Waals surface area (Å²) in [6.45, 7) is 6.81. The number of aromatic nitrogens is 2. The lowest BCUT2D eigenvalue weighted by Gasteiger charge is -2.11. The van der Waals surface area contributed by atoms with Crippen LogP contribution in [0, 0.1) is 6.92 Å². The Hall–Kier alpha value is -7.42. The lowest BCUT2D eigenvalue weighted by atomic mass is 9.99. The smallest absolute Gasteiger partial charge is 0.0547 e. The van der Waals surface area contributed by atoms with E-state index in [2.05, 4.69) is 235 Å². The van der Waals surface area contributed by atoms with Crippen LogP contribution in [-0.2, 0) is 0 Å². The Labute approximate surface area is 333 Å². The maximum atomic E-state index is 4.59. The molecule has 0 unspecified atom stereocenters. The first kappa shape index (κ1) is 34.1. The monoisotopic (exact) mass is 728 g/mol. The van der Waals surface area contributed by atoms with Crippen molar-refractivity contribution in [3.05, 3.63) is 230 Å². The predicted octanol–water partition coefficient (Wildman–Crippen LogP) is 14.8. The minimum Gasteiger partial charge on any atom is -0.313 e. The van der Waals surface area contributed by atoms with Crippen molar-refractivity contribution in [1.82, 2.24) is 9.13 Å². The summed E-state index contributed by atoms with van der Waals surface area (Å²) < 4.78 is 4.76. The molecule has 2 aromatic heterocycles. The third-order valence-electron chi connectivity index (χ3n) is 11.3. The Balaban J connectivity index is 0.992. The third-order valence-corrected chi connectivity index (χ3v) is 11.3. The van der Waals surface area contributed by atoms with Crippen LogP contribution in [0.3, 0.4) is 0 Å². The molecule has 0 aliphatic carbocycles. The molecule has 0 aliphatic heterocycles. The van der Waals surface area contributed by atoms with Crippen molar-refractivity contribution >= 4 is 44.4 Å². The van der Waals surface area contributed by atoms with Crippen molar-refractivity contribution in [2.45, 2.75) is 6.92 Å². The van der Waals surface area contributed by atoms with E-state index in [0.717, 1.165) is 28.0 Å². The van der Waals surface area contributed by atoms with Gasteiger partial charge in [-0.3, -0.25) is 0 Å². The van der Waals surface area contributed by atoms with Gasteiger partial charge in [-0.2, -0.15) is 0 Å². The van der Waals surface area contributed by atoms with Crippen molar-refractivity contribution in [1.29, 1.82) is 0 Å². The Morgan fingerprint density at radius 2 is 0.930 bits per heavy atom. The van der Waals surface area contributed by atoms with Crippen molar-refractivity contribution < 1.29 is 0 Å². The van der Waals surface area contributed by atoms with E-state index in [9.17, 15) is 0 Å². The van der Waals surface area contributed by atoms with E-state index < -0.39 is 0 Å². The number of benzene rings is 8. The Kier molecular flexibility index (Phi) is 8.58. The number of allylic oxidation sites excluding steroid dienone is 2. The van der Waals surface area contributed by atoms with Crippen LogP contribution >= 0.6 is 0 Å². The highest BCUT2D eigenvalue weighted by molar-refractivity contribution is 6.10. The molecule has 0 fully saturated rings. The SMILES string of the molecule is C=C(/C=C\c1c(C)n(-c2ccc(-c3cccc(-c4ccccc4)c3)cc2)c2ccccc12)c1ccc2c3ccccc3n(-c3cccc(-c4ccccc4)c3)c2c1. The molecule has 10 rings (SSSR count). The highest BCUT2D eigenvalue weighted by Gasteiger charge is 2.16. The number of rotatable bonds is 8. The quantitative estimate of drug-likeness (QED) is 0.138. The lowest BCUT2D eigenvalue weighted by molar-refractivity contribution is 1.05. The molecule has 2 nitrogen and oxygen atoms in total. The average molecular weight is 729 g/mol. The van der Waals surface area contributed by atoms with Crippen LogP contribution in [-0.4, -0.2) is 9.13 Å². The molecule has 2 heterocycles. The number of nitrogens with zero attached hydrogens (tertiary/aromatic N) is 2. The Morgan fingerprint density at radius 3 is 1.61 bits per heavy atom. The normalized spacial score (nSPS) is 11.6. The molecule has 10 aromatic rings. The van der Waals surface area contributed by atoms with Crippen molar-refractivity contribution in [2.75, 3.05) is 0 Å². The topological polar surface area (TPSA) is 9.86 Å². The summed E-state index contributed by atoms with van der Waals surface area (Å²) in [7, 11) is 0. The van der Waals surface area contributed by atoms with Crippen LogP contribution in [0.25, 0.3) is 89.1 Å². The van der Waals surface area contributed by atoms with Gasteiger partial charge >= 0.3 is 0 Å². The summed E-state index contributed by atoms with van der Waals surface area (Å²) in [6, 6.07) is 71.8. The summed E-state index contributed by atoms with van der Waals surface area (Å²) in [6.07, 6.45) is 4.41. The first-order valence-corrected chi connectivity index (χ1v) is 19.5. The minimum absolute atomic E-state index is 0.963. The van der Waals surface area contributed by atoms with Gasteiger partial charge in [0.05, 0.1) is 16.6 Å². The van der Waals surface area contributed by atoms with Crippen LogP contribution in [0.2, 0.25) is 0 Å². The fraction of sp³-hybridized carbons (Fsp3) is 0.0182. The second kappa shape index (κ2) is 14.3. The standard InChI is InChI=1S/C55H40N2/c1-38(43-30-34-52-51-24-10-12-26-54(51)57(55(52)37-43)48-22-14-21-46(36-48)41-17-7-4-8-18-41)27-33-49-39(2)56(53-25-11-9-23-50(49)53)47-31-28-42(29-32-47)45-20-13-19-44(35-45)40-15-5-3-6-16-40/h3-37H,1H2,2H3/b33-27-. The average Bonchev–Trinajstić information content (AvgIpc) is 3.76. The molecule has 0 aliphatic rings. The molecular formula is C55H40N2. The number of fused-ring (bicyclic) bond motifs is 4. The highest BCUT2D eigenvalue weighted by atomic mass is 15.0. The molecule has 8 aromatic carbocycles. The molecule has 0 spiro atoms. The van der Waals surface area contributed by atoms with Crippen molar-refractivity contribution in [3.63, 3.8) is 0 Å². The summed E-state index contributed by atoms with van der Waals surface area (Å²) in [4.78, 5) is 0. The molecule has 270 valence electrons. The van der Waals surface area contributed by atoms with Crippen molar-refractivity contribution in [3.8, 4) is 44.8 Å². The second-order valence-corrected chi connectivity index (χ2v) is 14.7. The van der Waals surface area contributed by atoms with E-state index in [1.807, 2.05) is 0 Å². The number of para-hydroxylation sites is 2. The van der Waals surface area contributed by atoms with Crippen LogP contribution in [0.5, 0.6) is 0 Å². The molecule has 2 heteroatoms. The molecule has 0 N–H and O–H groups in total. The molecule has 0 radical (unpaired) electrons. The van der Waals surface area contributed by atoms with E-state index in [-0.39, 0.29) is 0 Å². The summed E-state index contributed by atoms with van der Waals surface area (Å²) >= 11 is 0. The predicted molar refractivity (Wildman–Crippen MR) is 243 cm³/mol. The van der Waals surface area contributed by atoms with Crippen LogP contribution in [0.15, 0.2) is 213 Å². The Morgan fingerprint density at radius 1 is 0.404 bits per heavy atom. The summed E-state index contributed by atoms with van der Waals surface area (Å²) in [5, 5.41) is 3.68. The zero-order chi connectivity index (χ0) is 38.3. The highest BCUT2D eigenvalue weighted by Crippen LogP contribution is 2.36. The van der Waals surface area contributed by atoms with Gasteiger partial charge in [-0.15, -0.1) is 0 Å². The molecule has 0 saturated heterocycles. The fourth-order valence-corrected chi connectivity index (χ4v) is 8.43. The maximum absolute atomic E-state index is 4.59. The Bertz CT molecular complexity index is 3120. The molecule has 57 heavy (non-hydrogen) atoms. The molecule has 0 bridgehead atoms. The van der Waals surface area contributed by atoms with E-state index in [0.29, 0.717) is 0 Å². The number of hydrogen-bond acceptors (Lipinski definition) is 0. The van der Waals surface area contributed by atoms with Gasteiger partial charge in [-0.1, -0.05) is 170 Å². The first-order chi connectivity index (χ1) is 28.1. The molecule has 0 saturated carbocycles. The third kappa shape index (κ3) is 6.18. The van der Waals surface area contributed by atoms with Gasteiger partial charge in [0.2, 0.25) is 0 Å². The van der Waals surface area contributed by atoms with E-state index >= 15 is 0 Å². The van der Waals surface area contributed by atoms with E-state index in [4.69, 9.17) is 0 Å². The van der Waals surface area contributed by atoms with Gasteiger partial charge in [-0.25, -0.2) is 0 Å². The zero-order valence-electron chi connectivity index (χ0n) is 31.8. The van der Waals surface area contributed by atoms with Gasteiger partial charge in [-0.05, 0) is 100.0 Å². The summed E-state index contributed by atoms with van der Waals surface area (Å²) in [5.74, 6) is 0. The van der Waals surface area contributed by atoms with Gasteiger partial charge < -0.3 is 9.13 Å². The fourth-order valence-electron chi connectivity index (χ4n) is 8.43. The maximum Gasteiger partial charge on any atom is 0.0547 e. The second-order valence-electron chi connectivity index (χ2n) is 14.7. The molecule has 0 atom stereocenters. The van der Waals surface area contributed by atoms with Gasteiger partial charge in [0.1, 0.15) is 0 Å². The van der Waals surface area contributed by atoms with E-state index in [1.165, 1.54) is 71.8 Å². The van der Waals surface area contributed by atoms with Gasteiger partial charge in [0.15, 0.2) is 0 Å². The lowest BCUT2D eigenvalue weighted by Crippen LogP contribution is -1.96. The molecular weight excluding hydrogens is 689 g/mol. The minimum atomic E-state index is 0.963. The summed E-state index contributed by atoms with van der Waals surface area (Å²) in [5.41, 5.74) is 17.5. The van der Waals surface area contributed by atoms with Crippen LogP contribution in [0.1, 0.15) is 16.8 Å². The number of hydrogen-bond donors (Lipinski definition) is 0. The largest absolute Gasteiger partial charge is 0.313 e. The van der Waals surface area contributed by atoms with Crippen molar-refractivity contribution in [2.24, 2.45) is 0 Å². The van der Waals surface area contributed by atoms with E-state index in [1.54, 1.807) is 0 Å². The van der Waals surface area contributed by atoms with Crippen LogP contribution in [0.4, 0.5) is 0 Å². The van der Waals surface area contributed by atoms with Gasteiger partial charge in [0.25, 0.3) is 0 Å². The first-order valence-electron chi connectivity index (χ1n) is 19.5. The van der Waals surface area contributed by atoms with Crippen LogP contribution < -0.4 is 0 Å². The molecule has 0 amide bonds. The van der Waals surface area contributed by atoms with Gasteiger partial charge in [0, 0.05) is 38.8 Å². The zero-order valence-corrected chi connectivity index (χ0v) is 31.8.